The number of aromatic nitrogens is 1. The van der Waals surface area contributed by atoms with Crippen molar-refractivity contribution in [3.63, 3.8) is 0 Å². The first kappa shape index (κ1) is 25.8. The Hall–Kier alpha value is -3.29. The number of rotatable bonds is 9. The highest BCUT2D eigenvalue weighted by molar-refractivity contribution is 8.26. The predicted molar refractivity (Wildman–Crippen MR) is 145 cm³/mol. The van der Waals surface area contributed by atoms with Gasteiger partial charge in [0.05, 0.1) is 4.91 Å². The van der Waals surface area contributed by atoms with E-state index in [1.54, 1.807) is 17.9 Å². The van der Waals surface area contributed by atoms with Crippen molar-refractivity contribution in [1.29, 1.82) is 5.26 Å². The van der Waals surface area contributed by atoms with Crippen molar-refractivity contribution in [2.75, 3.05) is 18.7 Å². The van der Waals surface area contributed by atoms with Gasteiger partial charge >= 0.3 is 0 Å². The quantitative estimate of drug-likeness (QED) is 0.284. The zero-order valence-corrected chi connectivity index (χ0v) is 22.2. The molecule has 0 saturated carbocycles. The molecule has 1 fully saturated rings. The van der Waals surface area contributed by atoms with E-state index in [9.17, 15) is 14.9 Å². The lowest BCUT2D eigenvalue weighted by molar-refractivity contribution is -0.122. The van der Waals surface area contributed by atoms with Gasteiger partial charge in [0, 0.05) is 25.2 Å². The van der Waals surface area contributed by atoms with Crippen LogP contribution in [-0.2, 0) is 17.9 Å². The van der Waals surface area contributed by atoms with E-state index < -0.39 is 0 Å². The van der Waals surface area contributed by atoms with Crippen LogP contribution in [0.5, 0.6) is 11.5 Å². The maximum atomic E-state index is 13.2. The minimum absolute atomic E-state index is 0.0650. The molecule has 8 nitrogen and oxygen atoms in total. The zero-order chi connectivity index (χ0) is 25.8. The van der Waals surface area contributed by atoms with Gasteiger partial charge in [0.25, 0.3) is 11.5 Å². The van der Waals surface area contributed by atoms with Crippen molar-refractivity contribution in [2.45, 2.75) is 53.1 Å². The second kappa shape index (κ2) is 11.2. The third-order valence-corrected chi connectivity index (χ3v) is 7.60. The van der Waals surface area contributed by atoms with Gasteiger partial charge in [-0.05, 0) is 49.6 Å². The molecular formula is C26H28N4O4S2. The van der Waals surface area contributed by atoms with Crippen molar-refractivity contribution in [3.8, 4) is 17.6 Å². The summed E-state index contributed by atoms with van der Waals surface area (Å²) >= 11 is 6.73. The van der Waals surface area contributed by atoms with Gasteiger partial charge in [0.15, 0.2) is 11.5 Å². The number of thioether (sulfide) groups is 1. The number of amides is 1. The van der Waals surface area contributed by atoms with Crippen LogP contribution in [0, 0.1) is 18.3 Å². The average molecular weight is 525 g/mol. The summed E-state index contributed by atoms with van der Waals surface area (Å²) < 4.78 is 12.9. The third-order valence-electron chi connectivity index (χ3n) is 6.22. The molecular weight excluding hydrogens is 496 g/mol. The Kier molecular flexibility index (Phi) is 8.01. The Morgan fingerprint density at radius 3 is 2.72 bits per heavy atom. The molecule has 2 aromatic rings. The first-order valence-corrected chi connectivity index (χ1v) is 13.2. The number of nitriles is 1. The molecule has 3 heterocycles. The Morgan fingerprint density at radius 2 is 2.00 bits per heavy atom. The summed E-state index contributed by atoms with van der Waals surface area (Å²) in [5, 5.41) is 13.1. The van der Waals surface area contributed by atoms with Crippen LogP contribution < -0.4 is 20.3 Å². The minimum Gasteiger partial charge on any atom is -0.454 e. The molecule has 188 valence electrons. The molecule has 10 heteroatoms. The second-order valence-corrected chi connectivity index (χ2v) is 10.2. The summed E-state index contributed by atoms with van der Waals surface area (Å²) in [5.41, 5.74) is 1.79. The van der Waals surface area contributed by atoms with Crippen LogP contribution in [0.15, 0.2) is 27.9 Å². The second-order valence-electron chi connectivity index (χ2n) is 8.51. The topological polar surface area (TPSA) is 96.6 Å². The number of anilines is 1. The summed E-state index contributed by atoms with van der Waals surface area (Å²) in [6.45, 7) is 7.23. The molecule has 0 bridgehead atoms. The molecule has 0 spiro atoms. The maximum absolute atomic E-state index is 13.2. The molecule has 0 radical (unpaired) electrons. The lowest BCUT2D eigenvalue weighted by Gasteiger charge is -2.19. The SMILES string of the molecule is CCCCCN1C(=O)/C(=C\c2c(C)c(C#N)c(=O)n(CC)c2NCc2ccc3c(c2)OCO3)SC1=S. The molecule has 36 heavy (non-hydrogen) atoms. The molecule has 1 aromatic carbocycles. The molecule has 1 aromatic heterocycles. The van der Waals surface area contributed by atoms with Crippen LogP contribution in [0.2, 0.25) is 0 Å². The smallest absolute Gasteiger partial charge is 0.270 e. The molecule has 4 rings (SSSR count). The fourth-order valence-electron chi connectivity index (χ4n) is 4.24. The van der Waals surface area contributed by atoms with Gasteiger partial charge in [-0.3, -0.25) is 19.1 Å². The van der Waals surface area contributed by atoms with E-state index in [0.29, 0.717) is 57.3 Å². The summed E-state index contributed by atoms with van der Waals surface area (Å²) in [5.74, 6) is 1.77. The first-order chi connectivity index (χ1) is 17.4. The number of hydrogen-bond acceptors (Lipinski definition) is 8. The number of hydrogen-bond donors (Lipinski definition) is 1. The number of fused-ring (bicyclic) bond motifs is 1. The van der Waals surface area contributed by atoms with Gasteiger partial charge < -0.3 is 14.8 Å². The molecule has 0 atom stereocenters. The predicted octanol–water partition coefficient (Wildman–Crippen LogP) is 4.78. The summed E-state index contributed by atoms with van der Waals surface area (Å²) in [4.78, 5) is 28.4. The van der Waals surface area contributed by atoms with E-state index in [-0.39, 0.29) is 23.8 Å². The van der Waals surface area contributed by atoms with Crippen molar-refractivity contribution in [2.24, 2.45) is 0 Å². The standard InChI is InChI=1S/C26H28N4O4S2/c1-4-6-7-10-30-25(32)22(36-26(30)35)12-18-16(3)19(13-27)24(31)29(5-2)23(18)28-14-17-8-9-20-21(11-17)34-15-33-20/h8-9,11-12,28H,4-7,10,14-15H2,1-3H3/b22-12+. The highest BCUT2D eigenvalue weighted by atomic mass is 32.2. The van der Waals surface area contributed by atoms with Gasteiger partial charge in [-0.1, -0.05) is 49.8 Å². The Labute approximate surface area is 219 Å². The van der Waals surface area contributed by atoms with Gasteiger partial charge in [0.1, 0.15) is 21.8 Å². The zero-order valence-electron chi connectivity index (χ0n) is 20.6. The Balaban J connectivity index is 1.72. The fourth-order valence-corrected chi connectivity index (χ4v) is 5.53. The molecule has 1 N–H and O–H groups in total. The van der Waals surface area contributed by atoms with Crippen LogP contribution in [0.3, 0.4) is 0 Å². The fraction of sp³-hybridized carbons (Fsp3) is 0.385. The molecule has 0 unspecified atom stereocenters. The Morgan fingerprint density at radius 1 is 1.22 bits per heavy atom. The largest absolute Gasteiger partial charge is 0.454 e. The average Bonchev–Trinajstić information content (AvgIpc) is 3.44. The molecule has 1 saturated heterocycles. The van der Waals surface area contributed by atoms with E-state index in [1.165, 1.54) is 16.3 Å². The van der Waals surface area contributed by atoms with Crippen LogP contribution in [-0.4, -0.2) is 33.0 Å². The molecule has 0 aliphatic carbocycles. The number of thiocarbonyl (C=S) groups is 1. The van der Waals surface area contributed by atoms with E-state index in [0.717, 1.165) is 24.8 Å². The lowest BCUT2D eigenvalue weighted by Crippen LogP contribution is -2.29. The molecule has 2 aliphatic rings. The number of carbonyl (C=O) groups is 1. The summed E-state index contributed by atoms with van der Waals surface area (Å²) in [6.07, 6.45) is 4.72. The number of pyridine rings is 1. The highest BCUT2D eigenvalue weighted by Gasteiger charge is 2.32. The van der Waals surface area contributed by atoms with Crippen LogP contribution in [0.4, 0.5) is 5.82 Å². The van der Waals surface area contributed by atoms with Crippen LogP contribution in [0.25, 0.3) is 6.08 Å². The van der Waals surface area contributed by atoms with Crippen LogP contribution in [0.1, 0.15) is 55.4 Å². The summed E-state index contributed by atoms with van der Waals surface area (Å²) in [7, 11) is 0. The number of nitrogens with one attached hydrogen (secondary N) is 1. The van der Waals surface area contributed by atoms with Gasteiger partial charge in [-0.15, -0.1) is 0 Å². The number of unbranched alkanes of at least 4 members (excludes halogenated alkanes) is 2. The van der Waals surface area contributed by atoms with Gasteiger partial charge in [0.2, 0.25) is 6.79 Å². The van der Waals surface area contributed by atoms with Crippen molar-refractivity contribution in [1.82, 2.24) is 9.47 Å². The normalized spacial score (nSPS) is 15.6. The first-order valence-electron chi connectivity index (χ1n) is 11.9. The Bertz CT molecular complexity index is 1340. The van der Waals surface area contributed by atoms with E-state index in [2.05, 4.69) is 12.2 Å². The highest BCUT2D eigenvalue weighted by Crippen LogP contribution is 2.36. The summed E-state index contributed by atoms with van der Waals surface area (Å²) in [6, 6.07) is 7.71. The number of benzene rings is 1. The van der Waals surface area contributed by atoms with E-state index >= 15 is 0 Å². The minimum atomic E-state index is -0.366. The monoisotopic (exact) mass is 524 g/mol. The maximum Gasteiger partial charge on any atom is 0.270 e. The van der Waals surface area contributed by atoms with Gasteiger partial charge in [-0.2, -0.15) is 5.26 Å². The number of carbonyl (C=O) groups excluding carboxylic acids is 1. The van der Waals surface area contributed by atoms with E-state index in [4.69, 9.17) is 21.7 Å². The third kappa shape index (κ3) is 4.99. The van der Waals surface area contributed by atoms with Crippen LogP contribution >= 0.6 is 24.0 Å². The number of ether oxygens (including phenoxy) is 2. The van der Waals surface area contributed by atoms with Gasteiger partial charge in [-0.25, -0.2) is 0 Å². The molecule has 1 amide bonds. The number of nitrogens with zero attached hydrogens (tertiary/aromatic N) is 3. The van der Waals surface area contributed by atoms with Crippen molar-refractivity contribution < 1.29 is 14.3 Å². The van der Waals surface area contributed by atoms with Crippen molar-refractivity contribution in [3.05, 3.63) is 55.7 Å². The van der Waals surface area contributed by atoms with Crippen molar-refractivity contribution >= 4 is 46.1 Å². The van der Waals surface area contributed by atoms with E-state index in [1.807, 2.05) is 31.2 Å². The lowest BCUT2D eigenvalue weighted by atomic mass is 10.0. The molecule has 2 aliphatic heterocycles.